The topological polar surface area (TPSA) is 123 Å². The van der Waals surface area contributed by atoms with E-state index in [4.69, 9.17) is 9.47 Å². The summed E-state index contributed by atoms with van der Waals surface area (Å²) in [6, 6.07) is 16.8. The van der Waals surface area contributed by atoms with Gasteiger partial charge < -0.3 is 9.47 Å². The van der Waals surface area contributed by atoms with Crippen molar-refractivity contribution >= 4 is 27.5 Å². The van der Waals surface area contributed by atoms with Crippen molar-refractivity contribution in [1.82, 2.24) is 10.9 Å². The Labute approximate surface area is 188 Å². The van der Waals surface area contributed by atoms with Crippen LogP contribution in [-0.2, 0) is 14.8 Å². The zero-order valence-corrected chi connectivity index (χ0v) is 17.8. The Morgan fingerprint density at radius 1 is 0.909 bits per heavy atom. The minimum Gasteiger partial charge on any atom is -0.485 e. The first-order chi connectivity index (χ1) is 15.8. The molecule has 0 bridgehead atoms. The lowest BCUT2D eigenvalue weighted by Crippen LogP contribution is -2.50. The summed E-state index contributed by atoms with van der Waals surface area (Å²) in [6.45, 7) is -0.0402. The van der Waals surface area contributed by atoms with Crippen LogP contribution >= 0.6 is 0 Å². The number of amides is 2. The summed E-state index contributed by atoms with van der Waals surface area (Å²) in [4.78, 5) is 24.6. The van der Waals surface area contributed by atoms with E-state index in [9.17, 15) is 22.4 Å². The van der Waals surface area contributed by atoms with Gasteiger partial charge in [-0.05, 0) is 54.6 Å². The van der Waals surface area contributed by atoms with Crippen molar-refractivity contribution in [2.45, 2.75) is 11.0 Å². The van der Waals surface area contributed by atoms with Crippen LogP contribution in [0.4, 0.5) is 10.1 Å². The van der Waals surface area contributed by atoms with E-state index in [1.54, 1.807) is 24.3 Å². The SMILES string of the molecule is O=C(NNC(=O)[C@@H]1COc2ccccc2O1)c1cccc(S(=O)(=O)Nc2ccc(F)cc2)c1. The van der Waals surface area contributed by atoms with Crippen LogP contribution in [0.25, 0.3) is 0 Å². The van der Waals surface area contributed by atoms with E-state index in [2.05, 4.69) is 15.6 Å². The number of hydrogen-bond acceptors (Lipinski definition) is 6. The van der Waals surface area contributed by atoms with E-state index < -0.39 is 33.8 Å². The van der Waals surface area contributed by atoms with Crippen LogP contribution in [0.15, 0.2) is 77.7 Å². The molecule has 0 unspecified atom stereocenters. The molecule has 1 heterocycles. The molecule has 0 radical (unpaired) electrons. The van der Waals surface area contributed by atoms with Gasteiger partial charge in [0.05, 0.1) is 4.90 Å². The van der Waals surface area contributed by atoms with Crippen molar-refractivity contribution in [3.05, 3.63) is 84.2 Å². The highest BCUT2D eigenvalue weighted by Crippen LogP contribution is 2.30. The Bertz CT molecular complexity index is 1300. The number of nitrogens with one attached hydrogen (secondary N) is 3. The first kappa shape index (κ1) is 22.1. The minimum absolute atomic E-state index is 0.0107. The number of para-hydroxylation sites is 2. The molecule has 1 aliphatic heterocycles. The standard InChI is InChI=1S/C22H18FN3O6S/c23-15-8-10-16(11-9-15)26-33(29,30)17-5-3-4-14(12-17)21(27)24-25-22(28)20-13-31-18-6-1-2-7-19(18)32-20/h1-12,20,26H,13H2,(H,24,27)(H,25,28)/t20-/m0/s1. The Hall–Kier alpha value is -4.12. The monoisotopic (exact) mass is 471 g/mol. The number of sulfonamides is 1. The van der Waals surface area contributed by atoms with Crippen LogP contribution in [0.5, 0.6) is 11.5 Å². The fraction of sp³-hybridized carbons (Fsp3) is 0.0909. The van der Waals surface area contributed by atoms with E-state index in [0.29, 0.717) is 11.5 Å². The number of anilines is 1. The number of hydrazine groups is 1. The third-order valence-electron chi connectivity index (χ3n) is 4.60. The number of benzene rings is 3. The molecule has 0 fully saturated rings. The number of hydrogen-bond donors (Lipinski definition) is 3. The second-order valence-electron chi connectivity index (χ2n) is 6.95. The molecule has 3 aromatic carbocycles. The van der Waals surface area contributed by atoms with E-state index in [1.807, 2.05) is 0 Å². The molecular weight excluding hydrogens is 453 g/mol. The van der Waals surface area contributed by atoms with Gasteiger partial charge in [0.25, 0.3) is 21.8 Å². The second kappa shape index (κ2) is 9.17. The van der Waals surface area contributed by atoms with E-state index in [-0.39, 0.29) is 22.8 Å². The van der Waals surface area contributed by atoms with Crippen LogP contribution < -0.4 is 25.0 Å². The lowest BCUT2D eigenvalue weighted by Gasteiger charge is -2.25. The molecule has 9 nitrogen and oxygen atoms in total. The van der Waals surface area contributed by atoms with Gasteiger partial charge in [-0.15, -0.1) is 0 Å². The number of carbonyl (C=O) groups excluding carboxylic acids is 2. The molecule has 0 saturated heterocycles. The lowest BCUT2D eigenvalue weighted by molar-refractivity contribution is -0.131. The van der Waals surface area contributed by atoms with Gasteiger partial charge in [-0.25, -0.2) is 12.8 Å². The fourth-order valence-corrected chi connectivity index (χ4v) is 4.06. The molecule has 0 spiro atoms. The molecular formula is C22H18FN3O6S. The Balaban J connectivity index is 1.38. The van der Waals surface area contributed by atoms with Crippen LogP contribution in [0.2, 0.25) is 0 Å². The summed E-state index contributed by atoms with van der Waals surface area (Å²) in [5.74, 6) is -0.966. The summed E-state index contributed by atoms with van der Waals surface area (Å²) in [5, 5.41) is 0. The molecule has 0 aromatic heterocycles. The van der Waals surface area contributed by atoms with Gasteiger partial charge in [0.15, 0.2) is 11.5 Å². The quantitative estimate of drug-likeness (QED) is 0.491. The van der Waals surface area contributed by atoms with Crippen molar-refractivity contribution in [3.63, 3.8) is 0 Å². The molecule has 170 valence electrons. The first-order valence-electron chi connectivity index (χ1n) is 9.69. The highest BCUT2D eigenvalue weighted by Gasteiger charge is 2.27. The van der Waals surface area contributed by atoms with E-state index in [0.717, 1.165) is 18.2 Å². The molecule has 0 saturated carbocycles. The third kappa shape index (κ3) is 5.21. The molecule has 33 heavy (non-hydrogen) atoms. The summed E-state index contributed by atoms with van der Waals surface area (Å²) in [7, 11) is -4.04. The van der Waals surface area contributed by atoms with Crippen molar-refractivity contribution in [2.75, 3.05) is 11.3 Å². The van der Waals surface area contributed by atoms with Crippen LogP contribution in [0.3, 0.4) is 0 Å². The number of carbonyl (C=O) groups is 2. The Morgan fingerprint density at radius 3 is 2.39 bits per heavy atom. The highest BCUT2D eigenvalue weighted by atomic mass is 32.2. The molecule has 11 heteroatoms. The van der Waals surface area contributed by atoms with Gasteiger partial charge in [-0.1, -0.05) is 18.2 Å². The number of fused-ring (bicyclic) bond motifs is 1. The smallest absolute Gasteiger partial charge is 0.283 e. The lowest BCUT2D eigenvalue weighted by atomic mass is 10.2. The van der Waals surface area contributed by atoms with Crippen molar-refractivity contribution in [2.24, 2.45) is 0 Å². The maximum absolute atomic E-state index is 13.0. The number of rotatable bonds is 5. The maximum atomic E-state index is 13.0. The van der Waals surface area contributed by atoms with Gasteiger partial charge in [0, 0.05) is 11.3 Å². The summed E-state index contributed by atoms with van der Waals surface area (Å²) in [5.41, 5.74) is 4.62. The molecule has 4 rings (SSSR count). The molecule has 3 N–H and O–H groups in total. The maximum Gasteiger partial charge on any atom is 0.283 e. The van der Waals surface area contributed by atoms with Crippen LogP contribution in [-0.4, -0.2) is 32.9 Å². The average molecular weight is 471 g/mol. The second-order valence-corrected chi connectivity index (χ2v) is 8.63. The zero-order chi connectivity index (χ0) is 23.4. The summed E-state index contributed by atoms with van der Waals surface area (Å²) < 4.78 is 51.6. The molecule has 0 aliphatic carbocycles. The van der Waals surface area contributed by atoms with Crippen LogP contribution in [0, 0.1) is 5.82 Å². The zero-order valence-electron chi connectivity index (χ0n) is 16.9. The first-order valence-corrected chi connectivity index (χ1v) is 11.2. The average Bonchev–Trinajstić information content (AvgIpc) is 2.83. The van der Waals surface area contributed by atoms with Gasteiger partial charge in [-0.2, -0.15) is 0 Å². The third-order valence-corrected chi connectivity index (χ3v) is 5.98. The predicted molar refractivity (Wildman–Crippen MR) is 116 cm³/mol. The Morgan fingerprint density at radius 2 is 1.64 bits per heavy atom. The molecule has 1 atom stereocenters. The number of halogens is 1. The van der Waals surface area contributed by atoms with E-state index >= 15 is 0 Å². The Kier molecular flexibility index (Phi) is 6.13. The van der Waals surface area contributed by atoms with Gasteiger partial charge in [0.1, 0.15) is 12.4 Å². The summed E-state index contributed by atoms with van der Waals surface area (Å²) >= 11 is 0. The molecule has 3 aromatic rings. The van der Waals surface area contributed by atoms with E-state index in [1.165, 1.54) is 30.3 Å². The fourth-order valence-electron chi connectivity index (χ4n) is 2.96. The van der Waals surface area contributed by atoms with Gasteiger partial charge in [-0.3, -0.25) is 25.2 Å². The predicted octanol–water partition coefficient (Wildman–Crippen LogP) is 2.23. The minimum atomic E-state index is -4.04. The normalized spacial score (nSPS) is 14.8. The van der Waals surface area contributed by atoms with Gasteiger partial charge in [0.2, 0.25) is 6.10 Å². The molecule has 2 amide bonds. The van der Waals surface area contributed by atoms with Gasteiger partial charge >= 0.3 is 0 Å². The van der Waals surface area contributed by atoms with Crippen LogP contribution in [0.1, 0.15) is 10.4 Å². The summed E-state index contributed by atoms with van der Waals surface area (Å²) in [6.07, 6.45) is -0.980. The highest BCUT2D eigenvalue weighted by molar-refractivity contribution is 7.92. The van der Waals surface area contributed by atoms with Crippen molar-refractivity contribution in [1.29, 1.82) is 0 Å². The molecule has 1 aliphatic rings. The largest absolute Gasteiger partial charge is 0.485 e. The van der Waals surface area contributed by atoms with Crippen molar-refractivity contribution in [3.8, 4) is 11.5 Å². The number of ether oxygens (including phenoxy) is 2. The van der Waals surface area contributed by atoms with Crippen molar-refractivity contribution < 1.29 is 31.9 Å².